The highest BCUT2D eigenvalue weighted by molar-refractivity contribution is 5.76. The van der Waals surface area contributed by atoms with E-state index in [1.54, 1.807) is 0 Å². The molecular formula is C15H18O2. The third-order valence-electron chi connectivity index (χ3n) is 2.36. The van der Waals surface area contributed by atoms with Gasteiger partial charge in [0, 0.05) is 12.8 Å². The highest BCUT2D eigenvalue weighted by atomic mass is 16.3. The number of hydrogen-bond acceptors (Lipinski definition) is 2. The lowest BCUT2D eigenvalue weighted by molar-refractivity contribution is -0.118. The fourth-order valence-electron chi connectivity index (χ4n) is 1.54. The molecule has 1 atom stereocenters. The molecule has 0 aromatic heterocycles. The van der Waals surface area contributed by atoms with E-state index < -0.39 is 6.10 Å². The van der Waals surface area contributed by atoms with E-state index in [1.807, 2.05) is 18.2 Å². The molecule has 0 unspecified atom stereocenters. The Morgan fingerprint density at radius 2 is 2.06 bits per heavy atom. The molecule has 1 aromatic rings. The van der Waals surface area contributed by atoms with Crippen molar-refractivity contribution in [3.63, 3.8) is 0 Å². The summed E-state index contributed by atoms with van der Waals surface area (Å²) in [5, 5.41) is 9.34. The van der Waals surface area contributed by atoms with Crippen molar-refractivity contribution in [3.05, 3.63) is 35.9 Å². The maximum absolute atomic E-state index is 10.7. The number of hydrogen-bond donors (Lipinski definition) is 1. The Balaban J connectivity index is 2.20. The van der Waals surface area contributed by atoms with Crippen LogP contribution in [0.1, 0.15) is 31.7 Å². The minimum Gasteiger partial charge on any atom is -0.380 e. The number of carbonyl (C=O) groups excluding carboxylic acids is 1. The molecule has 1 N–H and O–H groups in total. The first-order valence-corrected chi connectivity index (χ1v) is 5.88. The Morgan fingerprint density at radius 1 is 1.35 bits per heavy atom. The second kappa shape index (κ2) is 7.65. The standard InChI is InChI=1S/C15H18O2/c1-13(16)12-15(17)11-7-3-6-10-14-8-4-2-5-9-14/h2,4-5,8-9,15,17H,3,6,10,12H2,1H3/t15-/m0/s1. The SMILES string of the molecule is CC(=O)C[C@@H](O)C#CCCCc1ccccc1. The molecule has 1 aromatic carbocycles. The summed E-state index contributed by atoms with van der Waals surface area (Å²) in [7, 11) is 0. The van der Waals surface area contributed by atoms with Gasteiger partial charge in [-0.2, -0.15) is 0 Å². The van der Waals surface area contributed by atoms with Crippen molar-refractivity contribution in [2.75, 3.05) is 0 Å². The quantitative estimate of drug-likeness (QED) is 0.622. The number of carbonyl (C=O) groups is 1. The topological polar surface area (TPSA) is 37.3 Å². The van der Waals surface area contributed by atoms with E-state index in [4.69, 9.17) is 0 Å². The first-order chi connectivity index (χ1) is 8.18. The molecular weight excluding hydrogens is 212 g/mol. The summed E-state index contributed by atoms with van der Waals surface area (Å²) >= 11 is 0. The maximum Gasteiger partial charge on any atom is 0.133 e. The third-order valence-corrected chi connectivity index (χ3v) is 2.36. The summed E-state index contributed by atoms with van der Waals surface area (Å²) in [4.78, 5) is 10.7. The van der Waals surface area contributed by atoms with Crippen LogP contribution in [-0.2, 0) is 11.2 Å². The van der Waals surface area contributed by atoms with Gasteiger partial charge in [-0.05, 0) is 25.3 Å². The average Bonchev–Trinajstić information content (AvgIpc) is 2.29. The number of benzene rings is 1. The molecule has 0 saturated heterocycles. The number of unbranched alkanes of at least 4 members (excludes halogenated alkanes) is 1. The first kappa shape index (κ1) is 13.5. The van der Waals surface area contributed by atoms with Crippen molar-refractivity contribution in [1.82, 2.24) is 0 Å². The van der Waals surface area contributed by atoms with Gasteiger partial charge in [0.2, 0.25) is 0 Å². The van der Waals surface area contributed by atoms with Crippen molar-refractivity contribution in [1.29, 1.82) is 0 Å². The number of Topliss-reactive ketones (excluding diaryl/α,β-unsaturated/α-hetero) is 1. The van der Waals surface area contributed by atoms with Crippen molar-refractivity contribution < 1.29 is 9.90 Å². The van der Waals surface area contributed by atoms with E-state index in [1.165, 1.54) is 12.5 Å². The lowest BCUT2D eigenvalue weighted by Gasteiger charge is -1.98. The molecule has 0 amide bonds. The minimum atomic E-state index is -0.802. The van der Waals surface area contributed by atoms with Crippen LogP contribution in [-0.4, -0.2) is 17.0 Å². The van der Waals surface area contributed by atoms with Gasteiger partial charge in [0.15, 0.2) is 0 Å². The summed E-state index contributed by atoms with van der Waals surface area (Å²) in [6.07, 6.45) is 2.06. The van der Waals surface area contributed by atoms with E-state index in [-0.39, 0.29) is 12.2 Å². The van der Waals surface area contributed by atoms with Gasteiger partial charge in [0.25, 0.3) is 0 Å². The smallest absolute Gasteiger partial charge is 0.133 e. The van der Waals surface area contributed by atoms with E-state index in [0.717, 1.165) is 19.3 Å². The molecule has 0 heterocycles. The first-order valence-electron chi connectivity index (χ1n) is 5.88. The van der Waals surface area contributed by atoms with Crippen LogP contribution in [0.25, 0.3) is 0 Å². The van der Waals surface area contributed by atoms with E-state index in [2.05, 4.69) is 24.0 Å². The molecule has 1 rings (SSSR count). The van der Waals surface area contributed by atoms with Crippen LogP contribution in [0.3, 0.4) is 0 Å². The molecule has 0 fully saturated rings. The largest absolute Gasteiger partial charge is 0.380 e. The molecule has 0 saturated carbocycles. The van der Waals surface area contributed by atoms with Gasteiger partial charge in [-0.15, -0.1) is 5.92 Å². The van der Waals surface area contributed by atoms with Gasteiger partial charge in [-0.1, -0.05) is 36.3 Å². The maximum atomic E-state index is 10.7. The molecule has 90 valence electrons. The Hall–Kier alpha value is -1.59. The van der Waals surface area contributed by atoms with Gasteiger partial charge in [0.05, 0.1) is 0 Å². The van der Waals surface area contributed by atoms with Crippen LogP contribution >= 0.6 is 0 Å². The third kappa shape index (κ3) is 6.55. The van der Waals surface area contributed by atoms with Gasteiger partial charge < -0.3 is 5.11 Å². The summed E-state index contributed by atoms with van der Waals surface area (Å²) in [6.45, 7) is 1.46. The molecule has 2 nitrogen and oxygen atoms in total. The fraction of sp³-hybridized carbons (Fsp3) is 0.400. The molecule has 0 radical (unpaired) electrons. The van der Waals surface area contributed by atoms with Crippen LogP contribution in [0.15, 0.2) is 30.3 Å². The molecule has 2 heteroatoms. The van der Waals surface area contributed by atoms with Crippen molar-refractivity contribution >= 4 is 5.78 Å². The average molecular weight is 230 g/mol. The molecule has 0 aliphatic carbocycles. The lowest BCUT2D eigenvalue weighted by Crippen LogP contribution is -2.07. The van der Waals surface area contributed by atoms with Crippen LogP contribution in [0.5, 0.6) is 0 Å². The van der Waals surface area contributed by atoms with Crippen LogP contribution in [0, 0.1) is 11.8 Å². The molecule has 0 aliphatic rings. The second-order valence-electron chi connectivity index (χ2n) is 4.08. The summed E-state index contributed by atoms with van der Waals surface area (Å²) in [5.74, 6) is 5.56. The molecule has 0 aliphatic heterocycles. The van der Waals surface area contributed by atoms with Crippen LogP contribution in [0.2, 0.25) is 0 Å². The number of aliphatic hydroxyl groups excluding tert-OH is 1. The van der Waals surface area contributed by atoms with Gasteiger partial charge in [-0.3, -0.25) is 4.79 Å². The zero-order valence-electron chi connectivity index (χ0n) is 10.1. The Labute approximate surface area is 103 Å². The Bertz CT molecular complexity index is 398. The number of ketones is 1. The number of aryl methyl sites for hydroxylation is 1. The molecule has 17 heavy (non-hydrogen) atoms. The van der Waals surface area contributed by atoms with Crippen LogP contribution < -0.4 is 0 Å². The highest BCUT2D eigenvalue weighted by Gasteiger charge is 2.01. The van der Waals surface area contributed by atoms with Gasteiger partial charge >= 0.3 is 0 Å². The normalized spacial score (nSPS) is 11.4. The fourth-order valence-corrected chi connectivity index (χ4v) is 1.54. The zero-order chi connectivity index (χ0) is 12.5. The monoisotopic (exact) mass is 230 g/mol. The Kier molecular flexibility index (Phi) is 6.06. The summed E-state index contributed by atoms with van der Waals surface area (Å²) < 4.78 is 0. The zero-order valence-corrected chi connectivity index (χ0v) is 10.1. The second-order valence-corrected chi connectivity index (χ2v) is 4.08. The number of aliphatic hydroxyl groups is 1. The summed E-state index contributed by atoms with van der Waals surface area (Å²) in [5.41, 5.74) is 1.30. The van der Waals surface area contributed by atoms with E-state index in [0.29, 0.717) is 0 Å². The summed E-state index contributed by atoms with van der Waals surface area (Å²) in [6, 6.07) is 10.2. The molecule has 0 bridgehead atoms. The van der Waals surface area contributed by atoms with Gasteiger partial charge in [0.1, 0.15) is 11.9 Å². The minimum absolute atomic E-state index is 0.0314. The predicted octanol–water partition coefficient (Wildman–Crippen LogP) is 2.35. The van der Waals surface area contributed by atoms with E-state index in [9.17, 15) is 9.90 Å². The Morgan fingerprint density at radius 3 is 2.71 bits per heavy atom. The lowest BCUT2D eigenvalue weighted by atomic mass is 10.1. The number of rotatable bonds is 5. The van der Waals surface area contributed by atoms with E-state index >= 15 is 0 Å². The van der Waals surface area contributed by atoms with Crippen molar-refractivity contribution in [3.8, 4) is 11.8 Å². The predicted molar refractivity (Wildman–Crippen MR) is 68.5 cm³/mol. The van der Waals surface area contributed by atoms with Gasteiger partial charge in [-0.25, -0.2) is 0 Å². The highest BCUT2D eigenvalue weighted by Crippen LogP contribution is 2.03. The molecule has 0 spiro atoms. The van der Waals surface area contributed by atoms with Crippen molar-refractivity contribution in [2.45, 2.75) is 38.7 Å². The van der Waals surface area contributed by atoms with Crippen molar-refractivity contribution in [2.24, 2.45) is 0 Å². The van der Waals surface area contributed by atoms with Crippen LogP contribution in [0.4, 0.5) is 0 Å².